The van der Waals surface area contributed by atoms with Crippen molar-refractivity contribution >= 4 is 11.8 Å². The second-order valence-corrected chi connectivity index (χ2v) is 6.92. The number of thioether (sulfide) groups is 1. The molecule has 4 nitrogen and oxygen atoms in total. The molecule has 5 heteroatoms. The molecule has 0 amide bonds. The van der Waals surface area contributed by atoms with E-state index in [1.54, 1.807) is 0 Å². The average molecular weight is 297 g/mol. The molecule has 1 heterocycles. The number of rotatable bonds is 8. The minimum atomic E-state index is 0.313. The third-order valence-corrected chi connectivity index (χ3v) is 5.49. The summed E-state index contributed by atoms with van der Waals surface area (Å²) in [5.74, 6) is 2.86. The van der Waals surface area contributed by atoms with E-state index in [-0.39, 0.29) is 0 Å². The van der Waals surface area contributed by atoms with E-state index in [0.29, 0.717) is 12.0 Å². The van der Waals surface area contributed by atoms with Gasteiger partial charge in [0, 0.05) is 11.3 Å². The zero-order valence-electron chi connectivity index (χ0n) is 12.9. The first-order valence-corrected chi connectivity index (χ1v) is 8.96. The van der Waals surface area contributed by atoms with Gasteiger partial charge in [0.2, 0.25) is 5.89 Å². The number of aromatic nitrogens is 2. The molecule has 1 saturated carbocycles. The summed E-state index contributed by atoms with van der Waals surface area (Å²) >= 11 is 1.99. The fraction of sp³-hybridized carbons (Fsp3) is 0.867. The predicted octanol–water partition coefficient (Wildman–Crippen LogP) is 3.74. The Kier molecular flexibility index (Phi) is 6.36. The van der Waals surface area contributed by atoms with E-state index in [2.05, 4.69) is 36.2 Å². The molecule has 1 fully saturated rings. The van der Waals surface area contributed by atoms with E-state index < -0.39 is 0 Å². The molecule has 0 aromatic carbocycles. The highest BCUT2D eigenvalue weighted by atomic mass is 32.2. The molecule has 0 radical (unpaired) electrons. The molecule has 2 rings (SSSR count). The first kappa shape index (κ1) is 15.8. The summed E-state index contributed by atoms with van der Waals surface area (Å²) in [5, 5.41) is 8.41. The van der Waals surface area contributed by atoms with Gasteiger partial charge in [-0.3, -0.25) is 0 Å². The fourth-order valence-electron chi connectivity index (χ4n) is 2.93. The van der Waals surface area contributed by atoms with Crippen LogP contribution in [-0.2, 0) is 5.75 Å². The van der Waals surface area contributed by atoms with Crippen LogP contribution in [0.25, 0.3) is 0 Å². The summed E-state index contributed by atoms with van der Waals surface area (Å²) in [7, 11) is 0. The van der Waals surface area contributed by atoms with Crippen LogP contribution >= 0.6 is 11.8 Å². The highest BCUT2D eigenvalue weighted by Crippen LogP contribution is 2.31. The van der Waals surface area contributed by atoms with Gasteiger partial charge in [0.05, 0.1) is 11.7 Å². The van der Waals surface area contributed by atoms with Crippen molar-refractivity contribution in [3.8, 4) is 0 Å². The maximum Gasteiger partial charge on any atom is 0.231 e. The van der Waals surface area contributed by atoms with Crippen LogP contribution in [0.2, 0.25) is 0 Å². The van der Waals surface area contributed by atoms with Crippen LogP contribution in [0.15, 0.2) is 4.52 Å². The molecule has 0 bridgehead atoms. The van der Waals surface area contributed by atoms with Crippen LogP contribution < -0.4 is 5.32 Å². The Labute approximate surface area is 126 Å². The largest absolute Gasteiger partial charge is 0.339 e. The molecule has 0 spiro atoms. The van der Waals surface area contributed by atoms with Crippen molar-refractivity contribution in [1.29, 1.82) is 0 Å². The van der Waals surface area contributed by atoms with E-state index in [4.69, 9.17) is 4.52 Å². The lowest BCUT2D eigenvalue weighted by Gasteiger charge is -2.19. The van der Waals surface area contributed by atoms with Crippen molar-refractivity contribution in [2.24, 2.45) is 0 Å². The van der Waals surface area contributed by atoms with Crippen molar-refractivity contribution in [3.05, 3.63) is 11.7 Å². The topological polar surface area (TPSA) is 51.0 Å². The van der Waals surface area contributed by atoms with Gasteiger partial charge >= 0.3 is 0 Å². The summed E-state index contributed by atoms with van der Waals surface area (Å²) in [5.41, 5.74) is 0. The van der Waals surface area contributed by atoms with Gasteiger partial charge in [0.25, 0.3) is 0 Å². The number of likely N-dealkylation sites (N-methyl/N-ethyl adjacent to an activating group) is 1. The van der Waals surface area contributed by atoms with Gasteiger partial charge in [-0.1, -0.05) is 31.8 Å². The number of nitrogens with one attached hydrogen (secondary N) is 1. The molecule has 1 aromatic rings. The Morgan fingerprint density at radius 2 is 2.10 bits per heavy atom. The predicted molar refractivity (Wildman–Crippen MR) is 84.0 cm³/mol. The zero-order valence-corrected chi connectivity index (χ0v) is 13.7. The van der Waals surface area contributed by atoms with Crippen LogP contribution in [0.5, 0.6) is 0 Å². The molecule has 20 heavy (non-hydrogen) atoms. The van der Waals surface area contributed by atoms with Gasteiger partial charge in [-0.05, 0) is 32.7 Å². The van der Waals surface area contributed by atoms with Crippen LogP contribution in [-0.4, -0.2) is 28.0 Å². The Balaban J connectivity index is 1.89. The standard InChI is InChI=1S/C15H27N3OS/c1-4-13(11(3)16-5-2)15-17-14(18-19-15)10-20-12-8-6-7-9-12/h11-13,16H,4-10H2,1-3H3. The maximum atomic E-state index is 5.49. The van der Waals surface area contributed by atoms with Crippen molar-refractivity contribution in [3.63, 3.8) is 0 Å². The third kappa shape index (κ3) is 4.22. The van der Waals surface area contributed by atoms with Gasteiger partial charge in [-0.15, -0.1) is 0 Å². The number of hydrogen-bond acceptors (Lipinski definition) is 5. The van der Waals surface area contributed by atoms with Gasteiger partial charge in [-0.25, -0.2) is 0 Å². The molecule has 1 aliphatic carbocycles. The minimum Gasteiger partial charge on any atom is -0.339 e. The third-order valence-electron chi connectivity index (χ3n) is 4.12. The summed E-state index contributed by atoms with van der Waals surface area (Å²) in [4.78, 5) is 4.61. The molecular weight excluding hydrogens is 270 g/mol. The van der Waals surface area contributed by atoms with E-state index in [1.165, 1.54) is 25.7 Å². The second kappa shape index (κ2) is 8.03. The van der Waals surface area contributed by atoms with E-state index in [0.717, 1.165) is 35.7 Å². The fourth-order valence-corrected chi connectivity index (χ4v) is 4.10. The minimum absolute atomic E-state index is 0.313. The highest BCUT2D eigenvalue weighted by Gasteiger charge is 2.23. The van der Waals surface area contributed by atoms with Crippen molar-refractivity contribution in [2.75, 3.05) is 6.54 Å². The first-order chi connectivity index (χ1) is 9.74. The van der Waals surface area contributed by atoms with Crippen molar-refractivity contribution in [2.45, 2.75) is 75.8 Å². The zero-order chi connectivity index (χ0) is 14.4. The normalized spacial score (nSPS) is 19.4. The van der Waals surface area contributed by atoms with E-state index in [9.17, 15) is 0 Å². The van der Waals surface area contributed by atoms with Crippen molar-refractivity contribution < 1.29 is 4.52 Å². The Morgan fingerprint density at radius 3 is 2.75 bits per heavy atom. The number of nitrogens with zero attached hydrogens (tertiary/aromatic N) is 2. The van der Waals surface area contributed by atoms with Crippen LogP contribution in [0, 0.1) is 0 Å². The molecule has 2 unspecified atom stereocenters. The highest BCUT2D eigenvalue weighted by molar-refractivity contribution is 7.99. The lowest BCUT2D eigenvalue weighted by Crippen LogP contribution is -2.31. The summed E-state index contributed by atoms with van der Waals surface area (Å²) in [6.07, 6.45) is 6.49. The lowest BCUT2D eigenvalue weighted by molar-refractivity contribution is 0.316. The molecule has 0 saturated heterocycles. The molecule has 1 N–H and O–H groups in total. The van der Waals surface area contributed by atoms with E-state index >= 15 is 0 Å². The van der Waals surface area contributed by atoms with Gasteiger partial charge in [0.15, 0.2) is 5.82 Å². The molecule has 1 aromatic heterocycles. The molecule has 2 atom stereocenters. The lowest BCUT2D eigenvalue weighted by atomic mass is 9.98. The second-order valence-electron chi connectivity index (χ2n) is 5.63. The molecule has 114 valence electrons. The van der Waals surface area contributed by atoms with Crippen LogP contribution in [0.4, 0.5) is 0 Å². The van der Waals surface area contributed by atoms with Crippen LogP contribution in [0.3, 0.4) is 0 Å². The molecule has 0 aliphatic heterocycles. The maximum absolute atomic E-state index is 5.49. The van der Waals surface area contributed by atoms with Gasteiger partial charge in [0.1, 0.15) is 0 Å². The Bertz CT molecular complexity index is 390. The first-order valence-electron chi connectivity index (χ1n) is 7.92. The summed E-state index contributed by atoms with van der Waals surface area (Å²) in [6, 6.07) is 0.376. The molecule has 1 aliphatic rings. The Hall–Kier alpha value is -0.550. The smallest absolute Gasteiger partial charge is 0.231 e. The summed E-state index contributed by atoms with van der Waals surface area (Å²) < 4.78 is 5.49. The van der Waals surface area contributed by atoms with Gasteiger partial charge < -0.3 is 9.84 Å². The molecular formula is C15H27N3OS. The van der Waals surface area contributed by atoms with Crippen molar-refractivity contribution in [1.82, 2.24) is 15.5 Å². The quantitative estimate of drug-likeness (QED) is 0.792. The van der Waals surface area contributed by atoms with Crippen LogP contribution in [0.1, 0.15) is 70.5 Å². The monoisotopic (exact) mass is 297 g/mol. The van der Waals surface area contributed by atoms with E-state index in [1.807, 2.05) is 11.8 Å². The average Bonchev–Trinajstić information content (AvgIpc) is 3.09. The summed E-state index contributed by atoms with van der Waals surface area (Å²) in [6.45, 7) is 7.46. The Morgan fingerprint density at radius 1 is 1.35 bits per heavy atom. The number of hydrogen-bond donors (Lipinski definition) is 1. The van der Waals surface area contributed by atoms with Gasteiger partial charge in [-0.2, -0.15) is 16.7 Å². The SMILES string of the molecule is CCNC(C)C(CC)c1nc(CSC2CCCC2)no1.